The van der Waals surface area contributed by atoms with Crippen LogP contribution in [-0.2, 0) is 20.0 Å². The first-order valence-corrected chi connectivity index (χ1v) is 6.99. The molecule has 19 heavy (non-hydrogen) atoms. The number of thioether (sulfide) groups is 1. The van der Waals surface area contributed by atoms with Crippen molar-refractivity contribution in [1.29, 1.82) is 5.26 Å². The molecule has 1 aromatic rings. The molecule has 5 heteroatoms. The van der Waals surface area contributed by atoms with E-state index in [4.69, 9.17) is 14.7 Å². The Morgan fingerprint density at radius 1 is 1.42 bits per heavy atom. The Morgan fingerprint density at radius 2 is 2.16 bits per heavy atom. The molecule has 1 rings (SSSR count). The van der Waals surface area contributed by atoms with Crippen LogP contribution in [0.4, 0.5) is 0 Å². The van der Waals surface area contributed by atoms with Gasteiger partial charge >= 0.3 is 5.97 Å². The van der Waals surface area contributed by atoms with E-state index in [0.29, 0.717) is 17.9 Å². The molecule has 0 fully saturated rings. The van der Waals surface area contributed by atoms with Crippen molar-refractivity contribution in [2.24, 2.45) is 0 Å². The van der Waals surface area contributed by atoms with Gasteiger partial charge in [0.25, 0.3) is 0 Å². The number of hydrogen-bond acceptors (Lipinski definition) is 5. The van der Waals surface area contributed by atoms with Crippen molar-refractivity contribution >= 4 is 17.7 Å². The molecule has 0 radical (unpaired) electrons. The molecule has 1 unspecified atom stereocenters. The molecule has 0 aliphatic carbocycles. The van der Waals surface area contributed by atoms with Crippen LogP contribution in [0.1, 0.15) is 18.1 Å². The standard InChI is InChI=1S/C14H17NO3S/c1-11(14(16)18-8-7-17-2)19-10-13-6-4-3-5-12(13)9-15/h3-6,11H,7-8,10H2,1-2H3. The quantitative estimate of drug-likeness (QED) is 0.566. The summed E-state index contributed by atoms with van der Waals surface area (Å²) >= 11 is 1.46. The van der Waals surface area contributed by atoms with Gasteiger partial charge in [0.2, 0.25) is 0 Å². The van der Waals surface area contributed by atoms with Crippen molar-refractivity contribution in [3.8, 4) is 6.07 Å². The second kappa shape index (κ2) is 8.57. The van der Waals surface area contributed by atoms with Gasteiger partial charge < -0.3 is 9.47 Å². The Kier molecular flexibility index (Phi) is 7.01. The monoisotopic (exact) mass is 279 g/mol. The van der Waals surface area contributed by atoms with E-state index >= 15 is 0 Å². The highest BCUT2D eigenvalue weighted by molar-refractivity contribution is 7.99. The van der Waals surface area contributed by atoms with Gasteiger partial charge in [0.15, 0.2) is 0 Å². The Balaban J connectivity index is 2.43. The van der Waals surface area contributed by atoms with Gasteiger partial charge in [-0.05, 0) is 18.6 Å². The molecule has 1 aromatic carbocycles. The fourth-order valence-electron chi connectivity index (χ4n) is 1.38. The lowest BCUT2D eigenvalue weighted by Crippen LogP contribution is -2.19. The maximum atomic E-state index is 11.6. The smallest absolute Gasteiger partial charge is 0.318 e. The van der Waals surface area contributed by atoms with Crippen molar-refractivity contribution in [3.05, 3.63) is 35.4 Å². The molecule has 1 atom stereocenters. The average molecular weight is 279 g/mol. The zero-order chi connectivity index (χ0) is 14.1. The summed E-state index contributed by atoms with van der Waals surface area (Å²) in [7, 11) is 1.56. The van der Waals surface area contributed by atoms with Gasteiger partial charge in [-0.25, -0.2) is 0 Å². The van der Waals surface area contributed by atoms with Crippen LogP contribution in [-0.4, -0.2) is 31.5 Å². The van der Waals surface area contributed by atoms with E-state index in [9.17, 15) is 4.79 Å². The highest BCUT2D eigenvalue weighted by Gasteiger charge is 2.15. The Bertz CT molecular complexity index is 456. The zero-order valence-electron chi connectivity index (χ0n) is 11.1. The summed E-state index contributed by atoms with van der Waals surface area (Å²) in [4.78, 5) is 11.6. The molecule has 0 aliphatic heterocycles. The molecule has 0 spiro atoms. The maximum Gasteiger partial charge on any atom is 0.318 e. The number of nitriles is 1. The lowest BCUT2D eigenvalue weighted by atomic mass is 10.1. The van der Waals surface area contributed by atoms with E-state index in [2.05, 4.69) is 6.07 Å². The number of carbonyl (C=O) groups is 1. The molecular weight excluding hydrogens is 262 g/mol. The van der Waals surface area contributed by atoms with Crippen LogP contribution in [0, 0.1) is 11.3 Å². The second-order valence-electron chi connectivity index (χ2n) is 3.88. The minimum atomic E-state index is -0.261. The minimum Gasteiger partial charge on any atom is -0.462 e. The normalized spacial score (nSPS) is 11.6. The van der Waals surface area contributed by atoms with Crippen molar-refractivity contribution < 1.29 is 14.3 Å². The van der Waals surface area contributed by atoms with Crippen LogP contribution < -0.4 is 0 Å². The molecule has 0 saturated heterocycles. The van der Waals surface area contributed by atoms with E-state index in [0.717, 1.165) is 5.56 Å². The third-order valence-electron chi connectivity index (χ3n) is 2.49. The van der Waals surface area contributed by atoms with Gasteiger partial charge in [-0.15, -0.1) is 11.8 Å². The highest BCUT2D eigenvalue weighted by atomic mass is 32.2. The SMILES string of the molecule is COCCOC(=O)C(C)SCc1ccccc1C#N. The highest BCUT2D eigenvalue weighted by Crippen LogP contribution is 2.20. The fraction of sp³-hybridized carbons (Fsp3) is 0.429. The van der Waals surface area contributed by atoms with E-state index in [-0.39, 0.29) is 17.8 Å². The summed E-state index contributed by atoms with van der Waals surface area (Å²) in [5, 5.41) is 8.71. The Hall–Kier alpha value is -1.51. The largest absolute Gasteiger partial charge is 0.462 e. The Labute approximate surface area is 117 Å². The summed E-state index contributed by atoms with van der Waals surface area (Å²) in [5.41, 5.74) is 1.58. The summed E-state index contributed by atoms with van der Waals surface area (Å²) in [5.74, 6) is 0.362. The van der Waals surface area contributed by atoms with E-state index < -0.39 is 0 Å². The predicted molar refractivity (Wildman–Crippen MR) is 74.7 cm³/mol. The number of methoxy groups -OCH3 is 1. The number of nitrogens with zero attached hydrogens (tertiary/aromatic N) is 1. The number of rotatable bonds is 7. The molecule has 0 amide bonds. The van der Waals surface area contributed by atoms with Crippen LogP contribution in [0.5, 0.6) is 0 Å². The Morgan fingerprint density at radius 3 is 2.84 bits per heavy atom. The van der Waals surface area contributed by atoms with Crippen LogP contribution >= 0.6 is 11.8 Å². The maximum absolute atomic E-state index is 11.6. The number of esters is 1. The van der Waals surface area contributed by atoms with Gasteiger partial charge in [-0.3, -0.25) is 4.79 Å². The third-order valence-corrected chi connectivity index (χ3v) is 3.66. The zero-order valence-corrected chi connectivity index (χ0v) is 11.9. The lowest BCUT2D eigenvalue weighted by Gasteiger charge is -2.11. The molecule has 0 bridgehead atoms. The molecular formula is C14H17NO3S. The van der Waals surface area contributed by atoms with Crippen LogP contribution in [0.25, 0.3) is 0 Å². The fourth-order valence-corrected chi connectivity index (χ4v) is 2.27. The van der Waals surface area contributed by atoms with Crippen LogP contribution in [0.3, 0.4) is 0 Å². The summed E-state index contributed by atoms with van der Waals surface area (Å²) in [6.07, 6.45) is 0. The van der Waals surface area contributed by atoms with Gasteiger partial charge in [-0.2, -0.15) is 5.26 Å². The van der Waals surface area contributed by atoms with Gasteiger partial charge in [0, 0.05) is 12.9 Å². The number of ether oxygens (including phenoxy) is 2. The van der Waals surface area contributed by atoms with Crippen molar-refractivity contribution in [3.63, 3.8) is 0 Å². The van der Waals surface area contributed by atoms with Crippen molar-refractivity contribution in [2.75, 3.05) is 20.3 Å². The lowest BCUT2D eigenvalue weighted by molar-refractivity contribution is -0.143. The predicted octanol–water partition coefficient (Wildman–Crippen LogP) is 2.37. The third kappa shape index (κ3) is 5.33. The number of hydrogen-bond donors (Lipinski definition) is 0. The topological polar surface area (TPSA) is 59.3 Å². The van der Waals surface area contributed by atoms with Gasteiger partial charge in [0.05, 0.1) is 23.5 Å². The number of carbonyl (C=O) groups excluding carboxylic acids is 1. The minimum absolute atomic E-state index is 0.253. The molecule has 0 aromatic heterocycles. The van der Waals surface area contributed by atoms with E-state index in [1.165, 1.54) is 11.8 Å². The second-order valence-corrected chi connectivity index (χ2v) is 5.21. The van der Waals surface area contributed by atoms with E-state index in [1.54, 1.807) is 20.1 Å². The van der Waals surface area contributed by atoms with Gasteiger partial charge in [-0.1, -0.05) is 18.2 Å². The molecule has 0 N–H and O–H groups in total. The molecule has 102 valence electrons. The van der Waals surface area contributed by atoms with Crippen LogP contribution in [0.15, 0.2) is 24.3 Å². The van der Waals surface area contributed by atoms with Crippen LogP contribution in [0.2, 0.25) is 0 Å². The molecule has 0 saturated carbocycles. The summed E-state index contributed by atoms with van der Waals surface area (Å²) in [6, 6.07) is 9.53. The first-order chi connectivity index (χ1) is 9.19. The van der Waals surface area contributed by atoms with Crippen molar-refractivity contribution in [1.82, 2.24) is 0 Å². The molecule has 4 nitrogen and oxygen atoms in total. The van der Waals surface area contributed by atoms with Gasteiger partial charge in [0.1, 0.15) is 6.61 Å². The first-order valence-electron chi connectivity index (χ1n) is 5.94. The van der Waals surface area contributed by atoms with E-state index in [1.807, 2.05) is 18.2 Å². The summed E-state index contributed by atoms with van der Waals surface area (Å²) in [6.45, 7) is 2.48. The molecule has 0 heterocycles. The first kappa shape index (κ1) is 15.5. The molecule has 0 aliphatic rings. The van der Waals surface area contributed by atoms with Crippen molar-refractivity contribution in [2.45, 2.75) is 17.9 Å². The number of benzene rings is 1. The summed E-state index contributed by atoms with van der Waals surface area (Å²) < 4.78 is 9.85. The average Bonchev–Trinajstić information content (AvgIpc) is 2.45.